The van der Waals surface area contributed by atoms with Crippen LogP contribution in [-0.2, 0) is 6.42 Å². The molecular weight excluding hydrogens is 222 g/mol. The zero-order valence-electron chi connectivity index (χ0n) is 11.8. The fourth-order valence-electron chi connectivity index (χ4n) is 2.99. The van der Waals surface area contributed by atoms with E-state index in [0.717, 1.165) is 26.1 Å². The summed E-state index contributed by atoms with van der Waals surface area (Å²) in [4.78, 5) is 6.59. The van der Waals surface area contributed by atoms with Crippen LogP contribution in [0.3, 0.4) is 0 Å². The van der Waals surface area contributed by atoms with Crippen LogP contribution in [0.15, 0.2) is 24.5 Å². The highest BCUT2D eigenvalue weighted by molar-refractivity contribution is 5.10. The molecule has 0 spiro atoms. The largest absolute Gasteiger partial charge is 0.316 e. The molecule has 1 fully saturated rings. The number of likely N-dealkylation sites (N-methyl/N-ethyl adjacent to an activating group) is 1. The number of hydrogen-bond donors (Lipinski definition) is 1. The molecule has 0 saturated carbocycles. The quantitative estimate of drug-likeness (QED) is 0.881. The summed E-state index contributed by atoms with van der Waals surface area (Å²) in [5.41, 5.74) is 1.74. The van der Waals surface area contributed by atoms with Gasteiger partial charge in [0.2, 0.25) is 0 Å². The Morgan fingerprint density at radius 1 is 1.39 bits per heavy atom. The zero-order valence-corrected chi connectivity index (χ0v) is 11.8. The van der Waals surface area contributed by atoms with Gasteiger partial charge in [-0.1, -0.05) is 13.8 Å². The number of pyridine rings is 1. The Bertz CT molecular complexity index is 361. The minimum Gasteiger partial charge on any atom is -0.316 e. The standard InChI is InChI=1S/C15H25N3/c1-15(2)12-17-10-6-14(15)18(3)11-7-13-4-8-16-9-5-13/h4-5,8-9,14,17H,6-7,10-12H2,1-3H3. The minimum atomic E-state index is 0.366. The van der Waals surface area contributed by atoms with Gasteiger partial charge in [-0.25, -0.2) is 0 Å². The third kappa shape index (κ3) is 3.30. The topological polar surface area (TPSA) is 28.2 Å². The smallest absolute Gasteiger partial charge is 0.0270 e. The third-order valence-electron chi connectivity index (χ3n) is 4.11. The van der Waals surface area contributed by atoms with Crippen LogP contribution in [-0.4, -0.2) is 42.6 Å². The maximum Gasteiger partial charge on any atom is 0.0270 e. The van der Waals surface area contributed by atoms with Gasteiger partial charge in [-0.2, -0.15) is 0 Å². The molecule has 1 aliphatic rings. The summed E-state index contributed by atoms with van der Waals surface area (Å²) in [5.74, 6) is 0. The van der Waals surface area contributed by atoms with Crippen LogP contribution in [0.25, 0.3) is 0 Å². The van der Waals surface area contributed by atoms with Crippen molar-refractivity contribution in [2.75, 3.05) is 26.7 Å². The van der Waals surface area contributed by atoms with Gasteiger partial charge in [-0.15, -0.1) is 0 Å². The molecule has 100 valence electrons. The van der Waals surface area contributed by atoms with Crippen LogP contribution in [0, 0.1) is 5.41 Å². The van der Waals surface area contributed by atoms with Crippen molar-refractivity contribution in [3.05, 3.63) is 30.1 Å². The summed E-state index contributed by atoms with van der Waals surface area (Å²) in [6.07, 6.45) is 6.12. The molecule has 2 rings (SSSR count). The van der Waals surface area contributed by atoms with Gasteiger partial charge < -0.3 is 10.2 Å². The second kappa shape index (κ2) is 5.81. The molecule has 1 aromatic heterocycles. The number of hydrogen-bond acceptors (Lipinski definition) is 3. The normalized spacial score (nSPS) is 23.2. The Balaban J connectivity index is 1.89. The minimum absolute atomic E-state index is 0.366. The second-order valence-electron chi connectivity index (χ2n) is 6.06. The SMILES string of the molecule is CN(CCc1ccncc1)C1CCNCC1(C)C. The van der Waals surface area contributed by atoms with Crippen molar-refractivity contribution >= 4 is 0 Å². The van der Waals surface area contributed by atoms with Gasteiger partial charge in [0.25, 0.3) is 0 Å². The molecule has 1 unspecified atom stereocenters. The van der Waals surface area contributed by atoms with Gasteiger partial charge in [-0.05, 0) is 49.5 Å². The lowest BCUT2D eigenvalue weighted by Gasteiger charge is -2.44. The van der Waals surface area contributed by atoms with E-state index < -0.39 is 0 Å². The van der Waals surface area contributed by atoms with E-state index in [2.05, 4.69) is 48.2 Å². The van der Waals surface area contributed by atoms with Crippen LogP contribution >= 0.6 is 0 Å². The fraction of sp³-hybridized carbons (Fsp3) is 0.667. The van der Waals surface area contributed by atoms with E-state index in [4.69, 9.17) is 0 Å². The molecule has 1 atom stereocenters. The Kier molecular flexibility index (Phi) is 4.36. The van der Waals surface area contributed by atoms with Crippen LogP contribution < -0.4 is 5.32 Å². The Morgan fingerprint density at radius 3 is 2.78 bits per heavy atom. The van der Waals surface area contributed by atoms with Gasteiger partial charge in [0.1, 0.15) is 0 Å². The van der Waals surface area contributed by atoms with E-state index in [1.807, 2.05) is 12.4 Å². The number of nitrogens with zero attached hydrogens (tertiary/aromatic N) is 2. The molecule has 1 saturated heterocycles. The van der Waals surface area contributed by atoms with Crippen LogP contribution in [0.2, 0.25) is 0 Å². The maximum atomic E-state index is 4.06. The predicted molar refractivity (Wildman–Crippen MR) is 75.6 cm³/mol. The number of rotatable bonds is 4. The van der Waals surface area contributed by atoms with Crippen molar-refractivity contribution < 1.29 is 0 Å². The fourth-order valence-corrected chi connectivity index (χ4v) is 2.99. The zero-order chi connectivity index (χ0) is 13.0. The molecule has 0 radical (unpaired) electrons. The van der Waals surface area contributed by atoms with Crippen molar-refractivity contribution in [3.8, 4) is 0 Å². The van der Waals surface area contributed by atoms with Gasteiger partial charge in [0.05, 0.1) is 0 Å². The van der Waals surface area contributed by atoms with E-state index >= 15 is 0 Å². The average molecular weight is 247 g/mol. The van der Waals surface area contributed by atoms with Crippen molar-refractivity contribution in [3.63, 3.8) is 0 Å². The van der Waals surface area contributed by atoms with E-state index in [-0.39, 0.29) is 0 Å². The van der Waals surface area contributed by atoms with Gasteiger partial charge in [-0.3, -0.25) is 4.98 Å². The summed E-state index contributed by atoms with van der Waals surface area (Å²) < 4.78 is 0. The first-order valence-electron chi connectivity index (χ1n) is 6.89. The Hall–Kier alpha value is -0.930. The molecule has 0 bridgehead atoms. The highest BCUT2D eigenvalue weighted by Gasteiger charge is 2.34. The molecule has 1 aromatic rings. The highest BCUT2D eigenvalue weighted by atomic mass is 15.2. The first-order valence-corrected chi connectivity index (χ1v) is 6.89. The van der Waals surface area contributed by atoms with Crippen molar-refractivity contribution in [2.24, 2.45) is 5.41 Å². The molecule has 18 heavy (non-hydrogen) atoms. The van der Waals surface area contributed by atoms with E-state index in [9.17, 15) is 0 Å². The molecule has 1 aliphatic heterocycles. The van der Waals surface area contributed by atoms with Crippen LogP contribution in [0.4, 0.5) is 0 Å². The molecule has 3 heteroatoms. The monoisotopic (exact) mass is 247 g/mol. The first-order chi connectivity index (χ1) is 8.59. The molecule has 0 aliphatic carbocycles. The lowest BCUT2D eigenvalue weighted by molar-refractivity contribution is 0.0806. The van der Waals surface area contributed by atoms with Gasteiger partial charge in [0, 0.05) is 31.5 Å². The van der Waals surface area contributed by atoms with Gasteiger partial charge >= 0.3 is 0 Å². The number of piperidine rings is 1. The molecule has 2 heterocycles. The molecule has 3 nitrogen and oxygen atoms in total. The Morgan fingerprint density at radius 2 is 2.11 bits per heavy atom. The molecule has 0 amide bonds. The van der Waals surface area contributed by atoms with Crippen LogP contribution in [0.1, 0.15) is 25.8 Å². The Labute approximate surface area is 111 Å². The third-order valence-corrected chi connectivity index (χ3v) is 4.11. The molecule has 1 N–H and O–H groups in total. The average Bonchev–Trinajstić information content (AvgIpc) is 2.37. The summed E-state index contributed by atoms with van der Waals surface area (Å²) >= 11 is 0. The predicted octanol–water partition coefficient (Wildman–Crippen LogP) is 1.94. The lowest BCUT2D eigenvalue weighted by Crippen LogP contribution is -2.53. The van der Waals surface area contributed by atoms with Crippen molar-refractivity contribution in [1.29, 1.82) is 0 Å². The lowest BCUT2D eigenvalue weighted by atomic mass is 9.79. The van der Waals surface area contributed by atoms with Gasteiger partial charge in [0.15, 0.2) is 0 Å². The number of nitrogens with one attached hydrogen (secondary N) is 1. The van der Waals surface area contributed by atoms with E-state index in [1.165, 1.54) is 12.0 Å². The van der Waals surface area contributed by atoms with Crippen LogP contribution in [0.5, 0.6) is 0 Å². The van der Waals surface area contributed by atoms with Crippen molar-refractivity contribution in [2.45, 2.75) is 32.7 Å². The highest BCUT2D eigenvalue weighted by Crippen LogP contribution is 2.28. The first kappa shape index (κ1) is 13.5. The van der Waals surface area contributed by atoms with Crippen molar-refractivity contribution in [1.82, 2.24) is 15.2 Å². The summed E-state index contributed by atoms with van der Waals surface area (Å²) in [5, 5.41) is 3.50. The number of aromatic nitrogens is 1. The maximum absolute atomic E-state index is 4.06. The van der Waals surface area contributed by atoms with E-state index in [1.54, 1.807) is 0 Å². The summed E-state index contributed by atoms with van der Waals surface area (Å²) in [6, 6.07) is 4.91. The summed E-state index contributed by atoms with van der Waals surface area (Å²) in [7, 11) is 2.26. The summed E-state index contributed by atoms with van der Waals surface area (Å²) in [6.45, 7) is 8.13. The molecule has 0 aromatic carbocycles. The van der Waals surface area contributed by atoms with E-state index in [0.29, 0.717) is 11.5 Å². The molecular formula is C15H25N3. The second-order valence-corrected chi connectivity index (χ2v) is 6.06.